The maximum absolute atomic E-state index is 12.9. The van der Waals surface area contributed by atoms with Crippen molar-refractivity contribution in [1.82, 2.24) is 5.32 Å². The van der Waals surface area contributed by atoms with Gasteiger partial charge in [-0.05, 0) is 38.5 Å². The molecule has 0 aliphatic carbocycles. The summed E-state index contributed by atoms with van der Waals surface area (Å²) >= 11 is 0. The Labute approximate surface area is 337 Å². The van der Waals surface area contributed by atoms with Crippen LogP contribution >= 0.6 is 0 Å². The molecule has 1 aliphatic heterocycles. The van der Waals surface area contributed by atoms with Crippen molar-refractivity contribution in [2.24, 2.45) is 0 Å². The topological polar surface area (TPSA) is 149 Å². The third-order valence-electron chi connectivity index (χ3n) is 11.4. The lowest BCUT2D eigenvalue weighted by Gasteiger charge is -2.40. The molecular formula is C46H89NO8. The maximum Gasteiger partial charge on any atom is 0.220 e. The predicted molar refractivity (Wildman–Crippen MR) is 226 cm³/mol. The Bertz CT molecular complexity index is 873. The molecule has 1 heterocycles. The third-order valence-corrected chi connectivity index (χ3v) is 11.4. The van der Waals surface area contributed by atoms with Crippen LogP contribution in [0.4, 0.5) is 0 Å². The van der Waals surface area contributed by atoms with Crippen LogP contribution in [0.15, 0.2) is 12.2 Å². The summed E-state index contributed by atoms with van der Waals surface area (Å²) < 4.78 is 11.2. The fourth-order valence-electron chi connectivity index (χ4n) is 7.57. The van der Waals surface area contributed by atoms with Crippen LogP contribution in [0.5, 0.6) is 0 Å². The molecular weight excluding hydrogens is 695 g/mol. The van der Waals surface area contributed by atoms with Crippen molar-refractivity contribution in [1.29, 1.82) is 0 Å². The smallest absolute Gasteiger partial charge is 0.220 e. The molecule has 0 saturated carbocycles. The minimum Gasteiger partial charge on any atom is -0.394 e. The highest BCUT2D eigenvalue weighted by Gasteiger charge is 2.44. The number of nitrogens with one attached hydrogen (secondary N) is 1. The fraction of sp³-hybridized carbons (Fsp3) is 0.935. The van der Waals surface area contributed by atoms with Gasteiger partial charge in [0.25, 0.3) is 0 Å². The summed E-state index contributed by atoms with van der Waals surface area (Å²) in [5.41, 5.74) is 0. The molecule has 9 heteroatoms. The van der Waals surface area contributed by atoms with Crippen molar-refractivity contribution in [3.63, 3.8) is 0 Å². The molecule has 7 atom stereocenters. The molecule has 1 saturated heterocycles. The number of aliphatic hydroxyl groups excluding tert-OH is 5. The summed E-state index contributed by atoms with van der Waals surface area (Å²) in [6.07, 6.45) is 35.2. The molecule has 0 aromatic carbocycles. The van der Waals surface area contributed by atoms with Crippen LogP contribution in [0.25, 0.3) is 0 Å². The zero-order valence-corrected chi connectivity index (χ0v) is 35.7. The van der Waals surface area contributed by atoms with Gasteiger partial charge >= 0.3 is 0 Å². The van der Waals surface area contributed by atoms with Crippen LogP contribution in [-0.4, -0.2) is 87.5 Å². The van der Waals surface area contributed by atoms with E-state index in [4.69, 9.17) is 9.47 Å². The van der Waals surface area contributed by atoms with Gasteiger partial charge in [-0.2, -0.15) is 0 Å². The van der Waals surface area contributed by atoms with Crippen LogP contribution in [0.2, 0.25) is 0 Å². The Hall–Kier alpha value is -1.07. The van der Waals surface area contributed by atoms with Gasteiger partial charge in [0.1, 0.15) is 24.4 Å². The minimum atomic E-state index is -1.55. The van der Waals surface area contributed by atoms with E-state index < -0.39 is 49.5 Å². The Morgan fingerprint density at radius 3 is 1.47 bits per heavy atom. The molecule has 1 rings (SSSR count). The molecule has 0 radical (unpaired) electrons. The Kier molecular flexibility index (Phi) is 35.2. The first-order valence-corrected chi connectivity index (χ1v) is 23.4. The fourth-order valence-corrected chi connectivity index (χ4v) is 7.57. The number of ether oxygens (including phenoxy) is 2. The molecule has 9 nitrogen and oxygen atoms in total. The number of hydrogen-bond acceptors (Lipinski definition) is 8. The molecule has 6 N–H and O–H groups in total. The first-order chi connectivity index (χ1) is 26.8. The summed E-state index contributed by atoms with van der Waals surface area (Å²) in [5.74, 6) is -0.149. The third kappa shape index (κ3) is 28.1. The van der Waals surface area contributed by atoms with Gasteiger partial charge in [0.15, 0.2) is 6.29 Å². The van der Waals surface area contributed by atoms with Gasteiger partial charge in [-0.15, -0.1) is 0 Å². The monoisotopic (exact) mass is 784 g/mol. The molecule has 0 spiro atoms. The van der Waals surface area contributed by atoms with Crippen molar-refractivity contribution >= 4 is 5.91 Å². The van der Waals surface area contributed by atoms with E-state index >= 15 is 0 Å². The van der Waals surface area contributed by atoms with Crippen LogP contribution in [0.3, 0.4) is 0 Å². The SMILES string of the molecule is CCCCCCCCCCCCC/C=C\CCCCCCCCCC(=O)NC(COC1OC(CO)C(O)C(O)C1O)C(O)CCCCCCCCCCCC. The average molecular weight is 784 g/mol. The van der Waals surface area contributed by atoms with Gasteiger partial charge in [-0.25, -0.2) is 0 Å². The van der Waals surface area contributed by atoms with Gasteiger partial charge in [-0.3, -0.25) is 4.79 Å². The number of allylic oxidation sites excluding steroid dienone is 2. The van der Waals surface area contributed by atoms with Gasteiger partial charge in [-0.1, -0.05) is 187 Å². The lowest BCUT2D eigenvalue weighted by Crippen LogP contribution is -2.60. The van der Waals surface area contributed by atoms with Crippen molar-refractivity contribution in [3.05, 3.63) is 12.2 Å². The Morgan fingerprint density at radius 1 is 0.600 bits per heavy atom. The normalized spacial score (nSPS) is 21.3. The first kappa shape index (κ1) is 51.9. The van der Waals surface area contributed by atoms with E-state index in [0.717, 1.165) is 38.5 Å². The van der Waals surface area contributed by atoms with E-state index in [0.29, 0.717) is 12.8 Å². The number of rotatable bonds is 39. The standard InChI is InChI=1S/C46H89NO8/c1-3-5-7-9-11-13-15-16-17-18-19-20-21-22-23-24-25-26-28-30-32-34-36-42(50)47-39(38-54-46-45(53)44(52)43(51)41(37-48)55-46)40(49)35-33-31-29-27-14-12-10-8-6-4-2/h21-22,39-41,43-46,48-49,51-53H,3-20,23-38H2,1-2H3,(H,47,50)/b22-21-. The quantitative estimate of drug-likeness (QED) is 0.0267. The number of unbranched alkanes of at least 4 members (excludes halogenated alkanes) is 27. The highest BCUT2D eigenvalue weighted by Crippen LogP contribution is 2.23. The van der Waals surface area contributed by atoms with Crippen molar-refractivity contribution in [2.45, 2.75) is 262 Å². The van der Waals surface area contributed by atoms with E-state index in [1.54, 1.807) is 0 Å². The summed E-state index contributed by atoms with van der Waals surface area (Å²) in [5, 5.41) is 54.2. The van der Waals surface area contributed by atoms with Crippen LogP contribution < -0.4 is 5.32 Å². The molecule has 55 heavy (non-hydrogen) atoms. The summed E-state index contributed by atoms with van der Waals surface area (Å²) in [7, 11) is 0. The maximum atomic E-state index is 12.9. The zero-order valence-electron chi connectivity index (χ0n) is 35.7. The van der Waals surface area contributed by atoms with Gasteiger partial charge in [0, 0.05) is 6.42 Å². The highest BCUT2D eigenvalue weighted by molar-refractivity contribution is 5.76. The summed E-state index contributed by atoms with van der Waals surface area (Å²) in [4.78, 5) is 12.9. The zero-order chi connectivity index (χ0) is 40.2. The molecule has 0 aromatic rings. The molecule has 7 unspecified atom stereocenters. The average Bonchev–Trinajstić information content (AvgIpc) is 3.18. The number of amides is 1. The molecule has 1 aliphatic rings. The second-order valence-corrected chi connectivity index (χ2v) is 16.6. The van der Waals surface area contributed by atoms with E-state index in [2.05, 4.69) is 31.3 Å². The van der Waals surface area contributed by atoms with E-state index in [1.807, 2.05) is 0 Å². The molecule has 326 valence electrons. The number of aliphatic hydroxyl groups is 5. The van der Waals surface area contributed by atoms with E-state index in [-0.39, 0.29) is 12.5 Å². The van der Waals surface area contributed by atoms with Crippen molar-refractivity contribution < 1.29 is 39.8 Å². The van der Waals surface area contributed by atoms with E-state index in [1.165, 1.54) is 154 Å². The molecule has 1 amide bonds. The van der Waals surface area contributed by atoms with Gasteiger partial charge < -0.3 is 40.3 Å². The molecule has 0 bridgehead atoms. The Morgan fingerprint density at radius 2 is 1.02 bits per heavy atom. The van der Waals surface area contributed by atoms with Crippen molar-refractivity contribution in [3.8, 4) is 0 Å². The van der Waals surface area contributed by atoms with Crippen molar-refractivity contribution in [2.75, 3.05) is 13.2 Å². The highest BCUT2D eigenvalue weighted by atomic mass is 16.7. The first-order valence-electron chi connectivity index (χ1n) is 23.4. The largest absolute Gasteiger partial charge is 0.394 e. The number of carbonyl (C=O) groups excluding carboxylic acids is 1. The lowest BCUT2D eigenvalue weighted by atomic mass is 9.99. The lowest BCUT2D eigenvalue weighted by molar-refractivity contribution is -0.302. The Balaban J connectivity index is 2.25. The second kappa shape index (κ2) is 37.2. The number of hydrogen-bond donors (Lipinski definition) is 6. The molecule has 1 fully saturated rings. The van der Waals surface area contributed by atoms with Crippen LogP contribution in [0, 0.1) is 0 Å². The minimum absolute atomic E-state index is 0.137. The molecule has 0 aromatic heterocycles. The van der Waals surface area contributed by atoms with E-state index in [9.17, 15) is 30.3 Å². The van der Waals surface area contributed by atoms with Gasteiger partial charge in [0.05, 0.1) is 25.4 Å². The predicted octanol–water partition coefficient (Wildman–Crippen LogP) is 9.73. The number of carbonyl (C=O) groups is 1. The summed E-state index contributed by atoms with van der Waals surface area (Å²) in [6, 6.07) is -0.716. The second-order valence-electron chi connectivity index (χ2n) is 16.6. The van der Waals surface area contributed by atoms with Gasteiger partial charge in [0.2, 0.25) is 5.91 Å². The van der Waals surface area contributed by atoms with Crippen LogP contribution in [0.1, 0.15) is 219 Å². The summed E-state index contributed by atoms with van der Waals surface area (Å²) in [6.45, 7) is 3.82. The van der Waals surface area contributed by atoms with Crippen LogP contribution in [-0.2, 0) is 14.3 Å².